The maximum absolute atomic E-state index is 12.5. The Morgan fingerprint density at radius 3 is 2.12 bits per heavy atom. The number of aromatic amines is 1. The molecular weight excluding hydrogens is 304 g/mol. The fraction of sp³-hybridized carbons (Fsp3) is 0.368. The fourth-order valence-corrected chi connectivity index (χ4v) is 2.57. The average molecular weight is 328 g/mol. The second-order valence-electron chi connectivity index (χ2n) is 6.38. The van der Waals surface area contributed by atoms with Gasteiger partial charge in [0.1, 0.15) is 5.69 Å². The number of esters is 1. The highest BCUT2D eigenvalue weighted by Crippen LogP contribution is 2.27. The summed E-state index contributed by atoms with van der Waals surface area (Å²) in [6.07, 6.45) is 0. The molecule has 0 saturated carbocycles. The van der Waals surface area contributed by atoms with Crippen molar-refractivity contribution in [3.63, 3.8) is 0 Å². The van der Waals surface area contributed by atoms with Crippen molar-refractivity contribution in [3.05, 3.63) is 52.8 Å². The van der Waals surface area contributed by atoms with E-state index < -0.39 is 5.97 Å². The van der Waals surface area contributed by atoms with Gasteiger partial charge in [-0.3, -0.25) is 4.79 Å². The highest BCUT2D eigenvalue weighted by molar-refractivity contribution is 6.03. The van der Waals surface area contributed by atoms with Crippen molar-refractivity contribution in [3.8, 4) is 0 Å². The van der Waals surface area contributed by atoms with Crippen LogP contribution in [0, 0.1) is 0 Å². The van der Waals surface area contributed by atoms with Crippen LogP contribution in [0.15, 0.2) is 30.3 Å². The van der Waals surface area contributed by atoms with E-state index in [1.165, 1.54) is 7.11 Å². The van der Waals surface area contributed by atoms with Crippen molar-refractivity contribution >= 4 is 17.6 Å². The zero-order chi connectivity index (χ0) is 17.9. The van der Waals surface area contributed by atoms with Gasteiger partial charge in [0.05, 0.1) is 12.7 Å². The Kier molecular flexibility index (Phi) is 5.44. The number of anilines is 1. The third-order valence-corrected chi connectivity index (χ3v) is 3.89. The van der Waals surface area contributed by atoms with Crippen molar-refractivity contribution in [2.24, 2.45) is 0 Å². The van der Waals surface area contributed by atoms with Crippen LogP contribution < -0.4 is 5.32 Å². The Balaban J connectivity index is 2.18. The van der Waals surface area contributed by atoms with Gasteiger partial charge in [0.15, 0.2) is 0 Å². The monoisotopic (exact) mass is 328 g/mol. The zero-order valence-electron chi connectivity index (χ0n) is 14.8. The molecule has 0 aliphatic carbocycles. The smallest absolute Gasteiger partial charge is 0.337 e. The standard InChI is InChI=1S/C19H24N2O3/c1-11(2)15-10-16(21-17(15)12(3)4)18(22)20-14-8-6-13(7-9-14)19(23)24-5/h6-12,21H,1-5H3,(H,20,22). The van der Waals surface area contributed by atoms with Gasteiger partial charge in [-0.15, -0.1) is 0 Å². The summed E-state index contributed by atoms with van der Waals surface area (Å²) < 4.78 is 4.66. The Bertz CT molecular complexity index is 702. The number of hydrogen-bond donors (Lipinski definition) is 2. The first-order chi connectivity index (χ1) is 11.3. The van der Waals surface area contributed by atoms with Gasteiger partial charge in [0.2, 0.25) is 0 Å². The highest BCUT2D eigenvalue weighted by Gasteiger charge is 2.18. The second-order valence-corrected chi connectivity index (χ2v) is 6.38. The Morgan fingerprint density at radius 2 is 1.67 bits per heavy atom. The molecule has 1 aromatic carbocycles. The van der Waals surface area contributed by atoms with Gasteiger partial charge in [0, 0.05) is 11.4 Å². The Labute approximate surface area is 142 Å². The molecule has 1 amide bonds. The van der Waals surface area contributed by atoms with Gasteiger partial charge in [-0.05, 0) is 47.7 Å². The predicted octanol–water partition coefficient (Wildman–Crippen LogP) is 4.30. The quantitative estimate of drug-likeness (QED) is 0.804. The summed E-state index contributed by atoms with van der Waals surface area (Å²) in [5.74, 6) is 0.0674. The van der Waals surface area contributed by atoms with Crippen LogP contribution in [0.2, 0.25) is 0 Å². The third kappa shape index (κ3) is 3.85. The lowest BCUT2D eigenvalue weighted by Crippen LogP contribution is -2.12. The van der Waals surface area contributed by atoms with Crippen molar-refractivity contribution in [1.29, 1.82) is 0 Å². The zero-order valence-corrected chi connectivity index (χ0v) is 14.8. The average Bonchev–Trinajstić information content (AvgIpc) is 3.01. The SMILES string of the molecule is COC(=O)c1ccc(NC(=O)c2cc(C(C)C)c(C(C)C)[nH]2)cc1. The van der Waals surface area contributed by atoms with E-state index in [4.69, 9.17) is 0 Å². The Morgan fingerprint density at radius 1 is 1.04 bits per heavy atom. The molecule has 0 atom stereocenters. The summed E-state index contributed by atoms with van der Waals surface area (Å²) in [7, 11) is 1.34. The van der Waals surface area contributed by atoms with E-state index >= 15 is 0 Å². The molecule has 0 fully saturated rings. The molecule has 1 aromatic heterocycles. The number of rotatable bonds is 5. The second kappa shape index (κ2) is 7.34. The summed E-state index contributed by atoms with van der Waals surface area (Å²) in [6.45, 7) is 8.43. The molecule has 2 aromatic rings. The molecule has 1 heterocycles. The first-order valence-corrected chi connectivity index (χ1v) is 8.06. The van der Waals surface area contributed by atoms with Gasteiger partial charge in [-0.1, -0.05) is 27.7 Å². The molecule has 2 N–H and O–H groups in total. The summed E-state index contributed by atoms with van der Waals surface area (Å²) in [5, 5.41) is 2.84. The van der Waals surface area contributed by atoms with Gasteiger partial charge >= 0.3 is 5.97 Å². The van der Waals surface area contributed by atoms with Crippen LogP contribution in [0.4, 0.5) is 5.69 Å². The minimum atomic E-state index is -0.402. The van der Waals surface area contributed by atoms with E-state index in [9.17, 15) is 9.59 Å². The fourth-order valence-electron chi connectivity index (χ4n) is 2.57. The predicted molar refractivity (Wildman–Crippen MR) is 94.7 cm³/mol. The summed E-state index contributed by atoms with van der Waals surface area (Å²) in [4.78, 5) is 27.1. The molecule has 0 aliphatic rings. The number of amides is 1. The number of H-pyrrole nitrogens is 1. The minimum Gasteiger partial charge on any atom is -0.465 e. The summed E-state index contributed by atoms with van der Waals surface area (Å²) in [5.41, 5.74) is 3.87. The molecule has 0 spiro atoms. The van der Waals surface area contributed by atoms with E-state index in [0.717, 1.165) is 11.3 Å². The van der Waals surface area contributed by atoms with Crippen molar-refractivity contribution in [1.82, 2.24) is 4.98 Å². The molecule has 2 rings (SSSR count). The molecule has 0 radical (unpaired) electrons. The van der Waals surface area contributed by atoms with Crippen molar-refractivity contribution in [2.45, 2.75) is 39.5 Å². The number of ether oxygens (including phenoxy) is 1. The third-order valence-electron chi connectivity index (χ3n) is 3.89. The molecule has 24 heavy (non-hydrogen) atoms. The maximum atomic E-state index is 12.5. The minimum absolute atomic E-state index is 0.199. The molecular formula is C19H24N2O3. The lowest BCUT2D eigenvalue weighted by molar-refractivity contribution is 0.0600. The van der Waals surface area contributed by atoms with Crippen LogP contribution in [0.5, 0.6) is 0 Å². The molecule has 5 nitrogen and oxygen atoms in total. The number of carbonyl (C=O) groups excluding carboxylic acids is 2. The van der Waals surface area contributed by atoms with Crippen LogP contribution in [0.25, 0.3) is 0 Å². The van der Waals surface area contributed by atoms with Crippen LogP contribution in [0.3, 0.4) is 0 Å². The number of methoxy groups -OCH3 is 1. The lowest BCUT2D eigenvalue weighted by atomic mass is 9.98. The molecule has 5 heteroatoms. The summed E-state index contributed by atoms with van der Waals surface area (Å²) >= 11 is 0. The highest BCUT2D eigenvalue weighted by atomic mass is 16.5. The van der Waals surface area contributed by atoms with E-state index in [1.807, 2.05) is 6.07 Å². The van der Waals surface area contributed by atoms with Gasteiger partial charge in [-0.25, -0.2) is 4.79 Å². The van der Waals surface area contributed by atoms with E-state index in [-0.39, 0.29) is 5.91 Å². The van der Waals surface area contributed by atoms with Crippen LogP contribution in [0.1, 0.15) is 71.6 Å². The van der Waals surface area contributed by atoms with E-state index in [1.54, 1.807) is 24.3 Å². The number of benzene rings is 1. The number of aromatic nitrogens is 1. The normalized spacial score (nSPS) is 11.0. The van der Waals surface area contributed by atoms with Crippen molar-refractivity contribution in [2.75, 3.05) is 12.4 Å². The molecule has 0 saturated heterocycles. The van der Waals surface area contributed by atoms with E-state index in [2.05, 4.69) is 42.7 Å². The molecule has 0 bridgehead atoms. The number of carbonyl (C=O) groups is 2. The molecule has 128 valence electrons. The van der Waals surface area contributed by atoms with Gasteiger partial charge in [0.25, 0.3) is 5.91 Å². The topological polar surface area (TPSA) is 71.2 Å². The van der Waals surface area contributed by atoms with Crippen LogP contribution in [-0.2, 0) is 4.74 Å². The number of nitrogens with one attached hydrogen (secondary N) is 2. The van der Waals surface area contributed by atoms with Crippen molar-refractivity contribution < 1.29 is 14.3 Å². The first-order valence-electron chi connectivity index (χ1n) is 8.06. The largest absolute Gasteiger partial charge is 0.465 e. The van der Waals surface area contributed by atoms with E-state index in [0.29, 0.717) is 28.8 Å². The maximum Gasteiger partial charge on any atom is 0.337 e. The van der Waals surface area contributed by atoms with Gasteiger partial charge < -0.3 is 15.0 Å². The van der Waals surface area contributed by atoms with Crippen LogP contribution >= 0.6 is 0 Å². The number of hydrogen-bond acceptors (Lipinski definition) is 3. The van der Waals surface area contributed by atoms with Crippen LogP contribution in [-0.4, -0.2) is 24.0 Å². The Hall–Kier alpha value is -2.56. The molecule has 0 unspecified atom stereocenters. The van der Waals surface area contributed by atoms with Gasteiger partial charge in [-0.2, -0.15) is 0 Å². The summed E-state index contributed by atoms with van der Waals surface area (Å²) in [6, 6.07) is 8.52. The molecule has 0 aliphatic heterocycles. The first kappa shape index (κ1) is 17.8. The lowest BCUT2D eigenvalue weighted by Gasteiger charge is -2.09.